The SMILES string of the molecule is COc1cc(/C=C(/C#N)C(=O)NCCCc2ccccc2)cc(Br)c1OCC(=O)Nc1ccccc1. The first kappa shape index (κ1) is 26.5. The highest BCUT2D eigenvalue weighted by molar-refractivity contribution is 9.10. The van der Waals surface area contributed by atoms with Crippen LogP contribution < -0.4 is 20.1 Å². The van der Waals surface area contributed by atoms with E-state index < -0.39 is 5.91 Å². The number of halogens is 1. The van der Waals surface area contributed by atoms with E-state index in [1.807, 2.05) is 54.6 Å². The molecule has 0 radical (unpaired) electrons. The number of aryl methyl sites for hydroxylation is 1. The molecule has 0 atom stereocenters. The van der Waals surface area contributed by atoms with Crippen LogP contribution >= 0.6 is 15.9 Å². The minimum Gasteiger partial charge on any atom is -0.493 e. The number of methoxy groups -OCH3 is 1. The summed E-state index contributed by atoms with van der Waals surface area (Å²) >= 11 is 3.43. The molecule has 36 heavy (non-hydrogen) atoms. The van der Waals surface area contributed by atoms with Crippen LogP contribution in [0.1, 0.15) is 17.5 Å². The van der Waals surface area contributed by atoms with Gasteiger partial charge in [-0.3, -0.25) is 9.59 Å². The molecule has 0 unspecified atom stereocenters. The molecule has 0 bridgehead atoms. The molecule has 2 N–H and O–H groups in total. The monoisotopic (exact) mass is 547 g/mol. The van der Waals surface area contributed by atoms with Gasteiger partial charge >= 0.3 is 0 Å². The van der Waals surface area contributed by atoms with E-state index in [1.54, 1.807) is 24.3 Å². The minimum atomic E-state index is -0.446. The number of hydrogen-bond acceptors (Lipinski definition) is 5. The van der Waals surface area contributed by atoms with Crippen molar-refractivity contribution in [3.05, 3.63) is 94.0 Å². The summed E-state index contributed by atoms with van der Waals surface area (Å²) in [6.07, 6.45) is 3.07. The summed E-state index contributed by atoms with van der Waals surface area (Å²) < 4.78 is 11.6. The van der Waals surface area contributed by atoms with E-state index in [2.05, 4.69) is 26.6 Å². The Morgan fingerprint density at radius 3 is 2.42 bits per heavy atom. The van der Waals surface area contributed by atoms with Gasteiger partial charge in [-0.05, 0) is 70.2 Å². The second-order valence-electron chi connectivity index (χ2n) is 7.75. The summed E-state index contributed by atoms with van der Waals surface area (Å²) in [4.78, 5) is 24.7. The molecule has 0 aliphatic heterocycles. The molecule has 0 aliphatic carbocycles. The number of nitrogens with zero attached hydrogens (tertiary/aromatic N) is 1. The number of amides is 2. The lowest BCUT2D eigenvalue weighted by atomic mass is 10.1. The topological polar surface area (TPSA) is 100 Å². The Morgan fingerprint density at radius 1 is 1.06 bits per heavy atom. The summed E-state index contributed by atoms with van der Waals surface area (Å²) in [6, 6.07) is 24.3. The van der Waals surface area contributed by atoms with E-state index in [9.17, 15) is 14.9 Å². The summed E-state index contributed by atoms with van der Waals surface area (Å²) in [5, 5.41) is 15.1. The zero-order chi connectivity index (χ0) is 25.8. The fraction of sp³-hybridized carbons (Fsp3) is 0.179. The maximum Gasteiger partial charge on any atom is 0.262 e. The van der Waals surface area contributed by atoms with Crippen LogP contribution in [0.3, 0.4) is 0 Å². The molecule has 8 heteroatoms. The molecule has 0 fully saturated rings. The maximum atomic E-state index is 12.5. The number of nitriles is 1. The first-order valence-electron chi connectivity index (χ1n) is 11.3. The van der Waals surface area contributed by atoms with Crippen LogP contribution in [0.5, 0.6) is 11.5 Å². The van der Waals surface area contributed by atoms with Gasteiger partial charge in [0.1, 0.15) is 11.6 Å². The third kappa shape index (κ3) is 8.00. The summed E-state index contributed by atoms with van der Waals surface area (Å²) in [6.45, 7) is 0.228. The van der Waals surface area contributed by atoms with Crippen LogP contribution in [-0.4, -0.2) is 32.1 Å². The van der Waals surface area contributed by atoms with Crippen molar-refractivity contribution >= 4 is 39.5 Å². The predicted octanol–water partition coefficient (Wildman–Crippen LogP) is 5.13. The molecule has 0 saturated heterocycles. The van der Waals surface area contributed by atoms with Gasteiger partial charge in [-0.1, -0.05) is 48.5 Å². The molecular weight excluding hydrogens is 522 g/mol. The van der Waals surface area contributed by atoms with Crippen molar-refractivity contribution in [2.24, 2.45) is 0 Å². The van der Waals surface area contributed by atoms with E-state index in [0.29, 0.717) is 33.8 Å². The normalized spacial score (nSPS) is 10.8. The number of nitrogens with one attached hydrogen (secondary N) is 2. The van der Waals surface area contributed by atoms with Crippen LogP contribution in [-0.2, 0) is 16.0 Å². The molecule has 3 aromatic rings. The smallest absolute Gasteiger partial charge is 0.262 e. The first-order valence-corrected chi connectivity index (χ1v) is 12.1. The molecule has 2 amide bonds. The Balaban J connectivity index is 1.61. The predicted molar refractivity (Wildman–Crippen MR) is 143 cm³/mol. The lowest BCUT2D eigenvalue weighted by molar-refractivity contribution is -0.118. The highest BCUT2D eigenvalue weighted by atomic mass is 79.9. The molecule has 0 aromatic heterocycles. The van der Waals surface area contributed by atoms with Crippen molar-refractivity contribution in [1.82, 2.24) is 5.32 Å². The number of anilines is 1. The highest BCUT2D eigenvalue weighted by Crippen LogP contribution is 2.37. The largest absolute Gasteiger partial charge is 0.493 e. The van der Waals surface area contributed by atoms with E-state index in [1.165, 1.54) is 18.7 Å². The fourth-order valence-corrected chi connectivity index (χ4v) is 3.94. The molecule has 7 nitrogen and oxygen atoms in total. The Kier molecular flexibility index (Phi) is 10.1. The van der Waals surface area contributed by atoms with Gasteiger partial charge in [0.15, 0.2) is 18.1 Å². The average Bonchev–Trinajstić information content (AvgIpc) is 2.89. The van der Waals surface area contributed by atoms with Gasteiger partial charge in [-0.15, -0.1) is 0 Å². The van der Waals surface area contributed by atoms with Crippen molar-refractivity contribution in [2.45, 2.75) is 12.8 Å². The Morgan fingerprint density at radius 2 is 1.75 bits per heavy atom. The van der Waals surface area contributed by atoms with Crippen molar-refractivity contribution in [3.63, 3.8) is 0 Å². The van der Waals surface area contributed by atoms with Gasteiger partial charge < -0.3 is 20.1 Å². The number of carbonyl (C=O) groups is 2. The molecule has 0 aliphatic rings. The second kappa shape index (κ2) is 13.7. The van der Waals surface area contributed by atoms with Gasteiger partial charge in [0, 0.05) is 12.2 Å². The Labute approximate surface area is 218 Å². The van der Waals surface area contributed by atoms with E-state index in [-0.39, 0.29) is 18.1 Å². The summed E-state index contributed by atoms with van der Waals surface area (Å²) in [7, 11) is 1.47. The zero-order valence-corrected chi connectivity index (χ0v) is 21.4. The molecule has 3 rings (SSSR count). The molecule has 184 valence electrons. The van der Waals surface area contributed by atoms with Crippen LogP contribution in [0.4, 0.5) is 5.69 Å². The lowest BCUT2D eigenvalue weighted by Gasteiger charge is -2.14. The highest BCUT2D eigenvalue weighted by Gasteiger charge is 2.15. The van der Waals surface area contributed by atoms with Crippen LogP contribution in [0, 0.1) is 11.3 Å². The number of ether oxygens (including phenoxy) is 2. The van der Waals surface area contributed by atoms with E-state index in [0.717, 1.165) is 12.8 Å². The van der Waals surface area contributed by atoms with Gasteiger partial charge in [0.05, 0.1) is 11.6 Å². The van der Waals surface area contributed by atoms with Crippen LogP contribution in [0.25, 0.3) is 6.08 Å². The molecule has 0 spiro atoms. The van der Waals surface area contributed by atoms with E-state index in [4.69, 9.17) is 9.47 Å². The molecule has 0 saturated carbocycles. The molecule has 3 aromatic carbocycles. The molecular formula is C28H26BrN3O4. The van der Waals surface area contributed by atoms with Crippen molar-refractivity contribution in [1.29, 1.82) is 5.26 Å². The van der Waals surface area contributed by atoms with Crippen LogP contribution in [0.15, 0.2) is 82.8 Å². The van der Waals surface area contributed by atoms with Gasteiger partial charge in [0.2, 0.25) is 0 Å². The Bertz CT molecular complexity index is 1260. The minimum absolute atomic E-state index is 0.0282. The van der Waals surface area contributed by atoms with Gasteiger partial charge in [-0.2, -0.15) is 5.26 Å². The first-order chi connectivity index (χ1) is 17.5. The number of benzene rings is 3. The van der Waals surface area contributed by atoms with Gasteiger partial charge in [0.25, 0.3) is 11.8 Å². The van der Waals surface area contributed by atoms with E-state index >= 15 is 0 Å². The number of rotatable bonds is 11. The average molecular weight is 548 g/mol. The van der Waals surface area contributed by atoms with Crippen molar-refractivity contribution < 1.29 is 19.1 Å². The third-order valence-corrected chi connectivity index (χ3v) is 5.69. The molecule has 0 heterocycles. The number of carbonyl (C=O) groups excluding carboxylic acids is 2. The summed E-state index contributed by atoms with van der Waals surface area (Å²) in [5.74, 6) is -0.0844. The Hall–Kier alpha value is -4.09. The summed E-state index contributed by atoms with van der Waals surface area (Å²) in [5.41, 5.74) is 2.40. The van der Waals surface area contributed by atoms with Crippen molar-refractivity contribution in [3.8, 4) is 17.6 Å². The standard InChI is InChI=1S/C28H26BrN3O4/c1-35-25-17-21(15-22(18-30)28(34)31-14-8-11-20-9-4-2-5-10-20)16-24(29)27(25)36-19-26(33)32-23-12-6-3-7-13-23/h2-7,9-10,12-13,15-17H,8,11,14,19H2,1H3,(H,31,34)(H,32,33)/b22-15-. The zero-order valence-electron chi connectivity index (χ0n) is 19.8. The number of para-hydroxylation sites is 1. The van der Waals surface area contributed by atoms with Gasteiger partial charge in [-0.25, -0.2) is 0 Å². The second-order valence-corrected chi connectivity index (χ2v) is 8.61. The number of hydrogen-bond donors (Lipinski definition) is 2. The lowest BCUT2D eigenvalue weighted by Crippen LogP contribution is -2.25. The van der Waals surface area contributed by atoms with Crippen LogP contribution in [0.2, 0.25) is 0 Å². The van der Waals surface area contributed by atoms with Crippen molar-refractivity contribution in [2.75, 3.05) is 25.6 Å². The quantitative estimate of drug-likeness (QED) is 0.197. The maximum absolute atomic E-state index is 12.5. The third-order valence-electron chi connectivity index (χ3n) is 5.10. The fourth-order valence-electron chi connectivity index (χ4n) is 3.37.